The van der Waals surface area contributed by atoms with Crippen LogP contribution in [0.2, 0.25) is 0 Å². The molecule has 1 aliphatic rings. The zero-order valence-corrected chi connectivity index (χ0v) is 13.9. The van der Waals surface area contributed by atoms with Crippen molar-refractivity contribution in [3.05, 3.63) is 0 Å². The van der Waals surface area contributed by atoms with Gasteiger partial charge < -0.3 is 10.1 Å². The SMILES string of the molecule is CCCCC1CCC(C(=O)NC(CBr)COC)CC1. The molecule has 19 heavy (non-hydrogen) atoms. The molecule has 1 rings (SSSR count). The number of amides is 1. The molecule has 3 nitrogen and oxygen atoms in total. The molecule has 1 N–H and O–H groups in total. The summed E-state index contributed by atoms with van der Waals surface area (Å²) >= 11 is 3.41. The maximum Gasteiger partial charge on any atom is 0.223 e. The van der Waals surface area contributed by atoms with E-state index in [1.54, 1.807) is 7.11 Å². The third kappa shape index (κ3) is 6.26. The summed E-state index contributed by atoms with van der Waals surface area (Å²) in [5.41, 5.74) is 0. The van der Waals surface area contributed by atoms with Crippen LogP contribution in [0.25, 0.3) is 0 Å². The molecule has 4 heteroatoms. The Balaban J connectivity index is 2.28. The lowest BCUT2D eigenvalue weighted by Crippen LogP contribution is -2.43. The number of alkyl halides is 1. The molecule has 0 aliphatic heterocycles. The van der Waals surface area contributed by atoms with Gasteiger partial charge in [-0.1, -0.05) is 42.1 Å². The van der Waals surface area contributed by atoms with Gasteiger partial charge in [0.1, 0.15) is 0 Å². The van der Waals surface area contributed by atoms with E-state index >= 15 is 0 Å². The summed E-state index contributed by atoms with van der Waals surface area (Å²) in [7, 11) is 1.67. The summed E-state index contributed by atoms with van der Waals surface area (Å²) in [6.45, 7) is 2.82. The summed E-state index contributed by atoms with van der Waals surface area (Å²) in [6, 6.07) is 0.0929. The zero-order chi connectivity index (χ0) is 14.1. The number of ether oxygens (including phenoxy) is 1. The van der Waals surface area contributed by atoms with E-state index in [4.69, 9.17) is 4.74 Å². The van der Waals surface area contributed by atoms with Crippen LogP contribution in [0.3, 0.4) is 0 Å². The molecule has 1 unspecified atom stereocenters. The first kappa shape index (κ1) is 17.0. The number of nitrogens with one attached hydrogen (secondary N) is 1. The van der Waals surface area contributed by atoms with Crippen molar-refractivity contribution in [2.75, 3.05) is 19.0 Å². The van der Waals surface area contributed by atoms with Gasteiger partial charge in [0.25, 0.3) is 0 Å². The fourth-order valence-corrected chi connectivity index (χ4v) is 3.20. The van der Waals surface area contributed by atoms with E-state index in [0.29, 0.717) is 6.61 Å². The molecule has 0 bridgehead atoms. The van der Waals surface area contributed by atoms with Crippen LogP contribution >= 0.6 is 15.9 Å². The molecule has 0 aromatic carbocycles. The minimum atomic E-state index is 0.0929. The highest BCUT2D eigenvalue weighted by Gasteiger charge is 2.27. The van der Waals surface area contributed by atoms with Gasteiger partial charge in [-0.3, -0.25) is 4.79 Å². The fourth-order valence-electron chi connectivity index (χ4n) is 2.85. The van der Waals surface area contributed by atoms with Crippen molar-refractivity contribution < 1.29 is 9.53 Å². The van der Waals surface area contributed by atoms with Crippen LogP contribution in [0.15, 0.2) is 0 Å². The fraction of sp³-hybridized carbons (Fsp3) is 0.933. The molecule has 0 spiro atoms. The monoisotopic (exact) mass is 333 g/mol. The molecule has 112 valence electrons. The van der Waals surface area contributed by atoms with Gasteiger partial charge in [0.15, 0.2) is 0 Å². The second-order valence-electron chi connectivity index (χ2n) is 5.68. The van der Waals surface area contributed by atoms with Crippen LogP contribution < -0.4 is 5.32 Å². The molecule has 1 saturated carbocycles. The van der Waals surface area contributed by atoms with Crippen molar-refractivity contribution in [2.45, 2.75) is 57.9 Å². The van der Waals surface area contributed by atoms with Crippen LogP contribution in [0, 0.1) is 11.8 Å². The Morgan fingerprint density at radius 3 is 2.58 bits per heavy atom. The third-order valence-electron chi connectivity index (χ3n) is 4.08. The molecule has 0 radical (unpaired) electrons. The molecule has 1 amide bonds. The Kier molecular flexibility index (Phi) is 8.71. The lowest BCUT2D eigenvalue weighted by molar-refractivity contribution is -0.127. The molecule has 0 saturated heterocycles. The lowest BCUT2D eigenvalue weighted by Gasteiger charge is -2.29. The highest BCUT2D eigenvalue weighted by Crippen LogP contribution is 2.32. The smallest absolute Gasteiger partial charge is 0.223 e. The first-order valence-corrected chi connectivity index (χ1v) is 8.68. The molecular weight excluding hydrogens is 306 g/mol. The van der Waals surface area contributed by atoms with Crippen LogP contribution in [-0.2, 0) is 9.53 Å². The highest BCUT2D eigenvalue weighted by atomic mass is 79.9. The molecule has 0 aromatic heterocycles. The van der Waals surface area contributed by atoms with Crippen molar-refractivity contribution in [3.8, 4) is 0 Å². The number of carbonyl (C=O) groups excluding carboxylic acids is 1. The topological polar surface area (TPSA) is 38.3 Å². The Labute approximate surface area is 126 Å². The van der Waals surface area contributed by atoms with Crippen LogP contribution in [0.4, 0.5) is 0 Å². The average molecular weight is 334 g/mol. The van der Waals surface area contributed by atoms with Gasteiger partial charge in [0, 0.05) is 18.4 Å². The first-order chi connectivity index (χ1) is 9.21. The molecule has 0 heterocycles. The molecular formula is C15H28BrNO2. The Hall–Kier alpha value is -0.0900. The Morgan fingerprint density at radius 1 is 1.37 bits per heavy atom. The van der Waals surface area contributed by atoms with Crippen LogP contribution in [0.5, 0.6) is 0 Å². The number of hydrogen-bond donors (Lipinski definition) is 1. The van der Waals surface area contributed by atoms with Gasteiger partial charge in [-0.25, -0.2) is 0 Å². The average Bonchev–Trinajstić information content (AvgIpc) is 2.45. The van der Waals surface area contributed by atoms with Gasteiger partial charge in [0.2, 0.25) is 5.91 Å². The van der Waals surface area contributed by atoms with Crippen molar-refractivity contribution in [1.82, 2.24) is 5.32 Å². The van der Waals surface area contributed by atoms with Gasteiger partial charge in [-0.2, -0.15) is 0 Å². The predicted octanol–water partition coefficient (Wildman–Crippen LogP) is 3.51. The van der Waals surface area contributed by atoms with E-state index in [1.165, 1.54) is 32.1 Å². The molecule has 1 fully saturated rings. The van der Waals surface area contributed by atoms with E-state index in [9.17, 15) is 4.79 Å². The molecule has 1 atom stereocenters. The number of hydrogen-bond acceptors (Lipinski definition) is 2. The standard InChI is InChI=1S/C15H28BrNO2/c1-3-4-5-12-6-8-13(9-7-12)15(18)17-14(10-16)11-19-2/h12-14H,3-11H2,1-2H3,(H,17,18). The maximum absolute atomic E-state index is 12.2. The lowest BCUT2D eigenvalue weighted by atomic mass is 9.79. The second-order valence-corrected chi connectivity index (χ2v) is 6.32. The van der Waals surface area contributed by atoms with Gasteiger partial charge in [-0.05, 0) is 31.6 Å². The Morgan fingerprint density at radius 2 is 2.05 bits per heavy atom. The number of unbranched alkanes of at least 4 members (excludes halogenated alkanes) is 1. The zero-order valence-electron chi connectivity index (χ0n) is 12.3. The normalized spacial score (nSPS) is 25.0. The van der Waals surface area contributed by atoms with Crippen LogP contribution in [-0.4, -0.2) is 31.0 Å². The number of methoxy groups -OCH3 is 1. The summed E-state index contributed by atoms with van der Waals surface area (Å²) in [4.78, 5) is 12.2. The molecule has 0 aromatic rings. The maximum atomic E-state index is 12.2. The minimum absolute atomic E-state index is 0.0929. The Bertz CT molecular complexity index is 253. The van der Waals surface area contributed by atoms with E-state index in [0.717, 1.165) is 24.1 Å². The van der Waals surface area contributed by atoms with E-state index in [2.05, 4.69) is 28.2 Å². The quantitative estimate of drug-likeness (QED) is 0.690. The van der Waals surface area contributed by atoms with Crippen molar-refractivity contribution in [1.29, 1.82) is 0 Å². The van der Waals surface area contributed by atoms with E-state index in [-0.39, 0.29) is 17.9 Å². The first-order valence-electron chi connectivity index (χ1n) is 7.56. The summed E-state index contributed by atoms with van der Waals surface area (Å²) in [6.07, 6.45) is 8.52. The number of rotatable bonds is 8. The van der Waals surface area contributed by atoms with Crippen LogP contribution in [0.1, 0.15) is 51.9 Å². The minimum Gasteiger partial charge on any atom is -0.383 e. The highest BCUT2D eigenvalue weighted by molar-refractivity contribution is 9.09. The number of carbonyl (C=O) groups is 1. The largest absolute Gasteiger partial charge is 0.383 e. The van der Waals surface area contributed by atoms with Crippen molar-refractivity contribution in [2.24, 2.45) is 11.8 Å². The second kappa shape index (κ2) is 9.76. The van der Waals surface area contributed by atoms with E-state index < -0.39 is 0 Å². The predicted molar refractivity (Wildman–Crippen MR) is 82.6 cm³/mol. The third-order valence-corrected chi connectivity index (χ3v) is 4.87. The van der Waals surface area contributed by atoms with Gasteiger partial charge >= 0.3 is 0 Å². The van der Waals surface area contributed by atoms with E-state index in [1.807, 2.05) is 0 Å². The van der Waals surface area contributed by atoms with Crippen molar-refractivity contribution >= 4 is 21.8 Å². The number of halogens is 1. The molecule has 1 aliphatic carbocycles. The van der Waals surface area contributed by atoms with Gasteiger partial charge in [0.05, 0.1) is 12.6 Å². The van der Waals surface area contributed by atoms with Gasteiger partial charge in [-0.15, -0.1) is 0 Å². The summed E-state index contributed by atoms with van der Waals surface area (Å²) in [5.74, 6) is 1.29. The van der Waals surface area contributed by atoms with Crippen molar-refractivity contribution in [3.63, 3.8) is 0 Å². The summed E-state index contributed by atoms with van der Waals surface area (Å²) < 4.78 is 5.10. The summed E-state index contributed by atoms with van der Waals surface area (Å²) in [5, 5.41) is 3.83.